The highest BCUT2D eigenvalue weighted by Crippen LogP contribution is 2.47. The molecule has 1 saturated heterocycles. The first kappa shape index (κ1) is 32.2. The Morgan fingerprint density at radius 2 is 1.98 bits per heavy atom. The zero-order chi connectivity index (χ0) is 31.1. The number of nitrogens with two attached hydrogens (primary N) is 1. The van der Waals surface area contributed by atoms with Gasteiger partial charge in [0.05, 0.1) is 22.9 Å². The van der Waals surface area contributed by atoms with Gasteiger partial charge in [0.15, 0.2) is 0 Å². The van der Waals surface area contributed by atoms with Crippen LogP contribution in [0.4, 0.5) is 5.69 Å². The van der Waals surface area contributed by atoms with Gasteiger partial charge < -0.3 is 25.3 Å². The summed E-state index contributed by atoms with van der Waals surface area (Å²) in [6, 6.07) is 12.1. The van der Waals surface area contributed by atoms with E-state index in [-0.39, 0.29) is 28.8 Å². The first-order valence-corrected chi connectivity index (χ1v) is 15.1. The van der Waals surface area contributed by atoms with Gasteiger partial charge in [0, 0.05) is 32.2 Å². The van der Waals surface area contributed by atoms with Crippen molar-refractivity contribution in [2.45, 2.75) is 42.4 Å². The van der Waals surface area contributed by atoms with Crippen LogP contribution < -0.4 is 20.7 Å². The summed E-state index contributed by atoms with van der Waals surface area (Å²) >= 11 is 7.55. The zero-order valence-electron chi connectivity index (χ0n) is 24.4. The summed E-state index contributed by atoms with van der Waals surface area (Å²) in [7, 11) is 3.27. The summed E-state index contributed by atoms with van der Waals surface area (Å²) in [5, 5.41) is 2.03. The van der Waals surface area contributed by atoms with Gasteiger partial charge in [-0.25, -0.2) is 0 Å². The fraction of sp³-hybridized carbons (Fsp3) is 0.344. The molecule has 1 aliphatic carbocycles. The first-order valence-electron chi connectivity index (χ1n) is 13.8. The molecule has 3 N–H and O–H groups in total. The number of hydrogen-bond acceptors (Lipinski definition) is 7. The molecule has 1 aliphatic heterocycles. The number of carbonyl (C=O) groups excluding carboxylic acids is 3. The number of carbonyl (C=O) groups is 3. The molecule has 0 spiro atoms. The van der Waals surface area contributed by atoms with Crippen LogP contribution in [-0.4, -0.2) is 55.9 Å². The Bertz CT molecular complexity index is 1440. The molecular formula is C32H36ClN3O6S. The van der Waals surface area contributed by atoms with E-state index in [4.69, 9.17) is 31.5 Å². The molecule has 228 valence electrons. The number of nitrogens with one attached hydrogen (secondary N) is 1. The van der Waals surface area contributed by atoms with E-state index < -0.39 is 22.1 Å². The molecule has 1 fully saturated rings. The van der Waals surface area contributed by atoms with Gasteiger partial charge in [-0.3, -0.25) is 19.3 Å². The molecule has 0 bridgehead atoms. The van der Waals surface area contributed by atoms with Crippen molar-refractivity contribution in [2.75, 3.05) is 32.3 Å². The third-order valence-corrected chi connectivity index (χ3v) is 9.20. The Labute approximate surface area is 261 Å². The lowest BCUT2D eigenvalue weighted by Crippen LogP contribution is -2.35. The van der Waals surface area contributed by atoms with Crippen molar-refractivity contribution >= 4 is 46.8 Å². The number of ether oxygens (including phenoxy) is 3. The Morgan fingerprint density at radius 3 is 2.63 bits per heavy atom. The number of methoxy groups -OCH3 is 2. The lowest BCUT2D eigenvalue weighted by Gasteiger charge is -2.32. The minimum Gasteiger partial charge on any atom is -0.498 e. The summed E-state index contributed by atoms with van der Waals surface area (Å²) in [6.07, 6.45) is 6.95. The van der Waals surface area contributed by atoms with Crippen LogP contribution >= 0.6 is 23.4 Å². The number of allylic oxidation sites excluding steroid dienone is 1. The summed E-state index contributed by atoms with van der Waals surface area (Å²) in [5.41, 5.74) is 7.45. The van der Waals surface area contributed by atoms with Crippen LogP contribution in [-0.2, 0) is 19.1 Å². The smallest absolute Gasteiger partial charge is 0.250 e. The van der Waals surface area contributed by atoms with Crippen LogP contribution in [0.2, 0.25) is 5.02 Å². The van der Waals surface area contributed by atoms with Crippen molar-refractivity contribution in [3.63, 3.8) is 0 Å². The van der Waals surface area contributed by atoms with Crippen LogP contribution in [0.15, 0.2) is 78.6 Å². The molecule has 2 aliphatic rings. The molecular weight excluding hydrogens is 590 g/mol. The normalized spacial score (nSPS) is 21.6. The highest BCUT2D eigenvalue weighted by Gasteiger charge is 2.43. The Hall–Kier alpha value is -3.73. The standard InChI is InChI=1S/C32H36ClN3O6S/c1-5-16-42-23-9-6-21(7-10-23)31-36(22-8-11-25(33)24(18-22)29(34)38)30(39)26(43-31)19-28(37)35-15-13-20-12-14-32(2,41-4)27(17-20)40-3/h5-12,17-18,26,31H,1,13-16,19H2,2-4H3,(H2,34,38)(H,35,37). The largest absolute Gasteiger partial charge is 0.498 e. The lowest BCUT2D eigenvalue weighted by atomic mass is 9.90. The van der Waals surface area contributed by atoms with Crippen molar-refractivity contribution < 1.29 is 28.6 Å². The first-order chi connectivity index (χ1) is 20.6. The molecule has 43 heavy (non-hydrogen) atoms. The fourth-order valence-electron chi connectivity index (χ4n) is 4.93. The van der Waals surface area contributed by atoms with Crippen molar-refractivity contribution in [1.29, 1.82) is 0 Å². The fourth-order valence-corrected chi connectivity index (χ4v) is 6.59. The quantitative estimate of drug-likeness (QED) is 0.289. The second kappa shape index (κ2) is 14.2. The second-order valence-electron chi connectivity index (χ2n) is 10.3. The highest BCUT2D eigenvalue weighted by molar-refractivity contribution is 8.01. The molecule has 0 aromatic heterocycles. The third kappa shape index (κ3) is 7.44. The Morgan fingerprint density at radius 1 is 1.23 bits per heavy atom. The van der Waals surface area contributed by atoms with Gasteiger partial charge in [0.25, 0.3) is 0 Å². The van der Waals surface area contributed by atoms with Crippen molar-refractivity contribution in [1.82, 2.24) is 5.32 Å². The van der Waals surface area contributed by atoms with Crippen molar-refractivity contribution in [3.05, 3.63) is 94.8 Å². The van der Waals surface area contributed by atoms with E-state index in [0.29, 0.717) is 37.4 Å². The molecule has 11 heteroatoms. The van der Waals surface area contributed by atoms with E-state index in [1.165, 1.54) is 23.9 Å². The third-order valence-electron chi connectivity index (χ3n) is 7.44. The number of thioether (sulfide) groups is 1. The molecule has 2 aromatic rings. The Balaban J connectivity index is 1.48. The predicted molar refractivity (Wildman–Crippen MR) is 169 cm³/mol. The van der Waals surface area contributed by atoms with Crippen LogP contribution in [0.3, 0.4) is 0 Å². The van der Waals surface area contributed by atoms with Gasteiger partial charge in [-0.2, -0.15) is 0 Å². The number of primary amides is 1. The maximum atomic E-state index is 13.8. The number of anilines is 1. The molecule has 3 atom stereocenters. The zero-order valence-corrected chi connectivity index (χ0v) is 26.0. The number of benzene rings is 2. The predicted octanol–water partition coefficient (Wildman–Crippen LogP) is 5.31. The van der Waals surface area contributed by atoms with Crippen molar-refractivity contribution in [3.8, 4) is 5.75 Å². The van der Waals surface area contributed by atoms with E-state index in [9.17, 15) is 14.4 Å². The van der Waals surface area contributed by atoms with Gasteiger partial charge in [-0.1, -0.05) is 42.5 Å². The molecule has 3 unspecified atom stereocenters. The maximum Gasteiger partial charge on any atom is 0.250 e. The van der Waals surface area contributed by atoms with Gasteiger partial charge >= 0.3 is 0 Å². The molecule has 0 radical (unpaired) electrons. The summed E-state index contributed by atoms with van der Waals surface area (Å²) in [5.74, 6) is 0.212. The molecule has 1 heterocycles. The number of nitrogens with zero attached hydrogens (tertiary/aromatic N) is 1. The van der Waals surface area contributed by atoms with Gasteiger partial charge in [0.1, 0.15) is 29.1 Å². The van der Waals surface area contributed by atoms with Gasteiger partial charge in [0.2, 0.25) is 17.7 Å². The summed E-state index contributed by atoms with van der Waals surface area (Å²) < 4.78 is 16.7. The summed E-state index contributed by atoms with van der Waals surface area (Å²) in [4.78, 5) is 40.3. The van der Waals surface area contributed by atoms with Crippen LogP contribution in [0.25, 0.3) is 0 Å². The second-order valence-corrected chi connectivity index (χ2v) is 12.0. The van der Waals surface area contributed by atoms with Gasteiger partial charge in [-0.05, 0) is 60.9 Å². The SMILES string of the molecule is C=CCOc1ccc(C2SC(CC(=O)NCCC3=CCC(C)(OC)C(OC)=C3)C(=O)N2c2ccc(Cl)c(C(N)=O)c2)cc1. The van der Waals surface area contributed by atoms with Crippen LogP contribution in [0.5, 0.6) is 5.75 Å². The average molecular weight is 626 g/mol. The summed E-state index contributed by atoms with van der Waals surface area (Å²) in [6.45, 7) is 6.40. The molecule has 2 aromatic carbocycles. The van der Waals surface area contributed by atoms with Crippen LogP contribution in [0, 0.1) is 0 Å². The lowest BCUT2D eigenvalue weighted by molar-refractivity contribution is -0.124. The van der Waals surface area contributed by atoms with Crippen molar-refractivity contribution in [2.24, 2.45) is 5.73 Å². The number of rotatable bonds is 13. The minimum atomic E-state index is -0.699. The highest BCUT2D eigenvalue weighted by atomic mass is 35.5. The van der Waals surface area contributed by atoms with E-state index in [2.05, 4.69) is 18.0 Å². The maximum absolute atomic E-state index is 13.8. The number of amides is 3. The van der Waals surface area contributed by atoms with Gasteiger partial charge in [-0.15, -0.1) is 11.8 Å². The monoisotopic (exact) mass is 625 g/mol. The van der Waals surface area contributed by atoms with E-state index in [1.54, 1.807) is 31.3 Å². The van der Waals surface area contributed by atoms with Crippen LogP contribution in [0.1, 0.15) is 47.5 Å². The molecule has 3 amide bonds. The molecule has 0 saturated carbocycles. The van der Waals surface area contributed by atoms with E-state index >= 15 is 0 Å². The molecule has 4 rings (SSSR count). The minimum absolute atomic E-state index is 0.00670. The number of halogens is 1. The topological polar surface area (TPSA) is 120 Å². The van der Waals surface area contributed by atoms with E-state index in [1.807, 2.05) is 37.3 Å². The Kier molecular flexibility index (Phi) is 10.6. The number of hydrogen-bond donors (Lipinski definition) is 2. The average Bonchev–Trinajstić information content (AvgIpc) is 3.32. The van der Waals surface area contributed by atoms with E-state index in [0.717, 1.165) is 16.9 Å². The molecule has 9 nitrogen and oxygen atoms in total.